The number of unbranched alkanes of at least 4 members (excludes halogenated alkanes) is 42. The molecule has 0 bridgehead atoms. The molecule has 6 heteroatoms. The normalized spacial score (nSPS) is 12.1. The van der Waals surface area contributed by atoms with Crippen molar-refractivity contribution < 1.29 is 28.6 Å². The Balaban J connectivity index is 4.20. The second-order valence-corrected chi connectivity index (χ2v) is 21.0. The Hall–Kier alpha value is -2.11. The first-order valence-electron chi connectivity index (χ1n) is 30.8. The van der Waals surface area contributed by atoms with Crippen molar-refractivity contribution in [3.63, 3.8) is 0 Å². The molecule has 0 spiro atoms. The zero-order valence-corrected chi connectivity index (χ0v) is 46.6. The molecule has 0 N–H and O–H groups in total. The molecule has 0 aliphatic heterocycles. The van der Waals surface area contributed by atoms with E-state index in [4.69, 9.17) is 14.2 Å². The van der Waals surface area contributed by atoms with Crippen molar-refractivity contribution in [1.82, 2.24) is 0 Å². The molecule has 0 saturated heterocycles. The summed E-state index contributed by atoms with van der Waals surface area (Å²) in [5.41, 5.74) is 0. The number of carbonyl (C=O) groups excluding carboxylic acids is 3. The molecule has 0 heterocycles. The van der Waals surface area contributed by atoms with Crippen LogP contribution in [0.2, 0.25) is 0 Å². The van der Waals surface area contributed by atoms with Crippen LogP contribution in [0.5, 0.6) is 0 Å². The Kier molecular flexibility index (Phi) is 56.7. The SMILES string of the molecule is CCCC/C=C\CCCCCCCC(=O)OCC(COC(=O)CCCCCCCCCCCCCCCCCCCCCCCCCC)OC(=O)CCCCCCC/C=C\CCCCCCCCC. The molecule has 406 valence electrons. The van der Waals surface area contributed by atoms with Gasteiger partial charge in [-0.1, -0.05) is 283 Å². The standard InChI is InChI=1S/C63H118O6/c1-4-7-10-13-16-19-22-24-26-28-29-30-31-32-33-34-35-37-38-41-44-47-50-53-56-62(65)68-59-60(58-67-61(64)55-52-49-46-43-40-21-18-15-12-9-6-3)69-63(66)57-54-51-48-45-42-39-36-27-25-23-20-17-14-11-8-5-2/h15,18,27,36,60H,4-14,16-17,19-26,28-35,37-59H2,1-3H3/b18-15-,36-27-. The lowest BCUT2D eigenvalue weighted by Gasteiger charge is -2.18. The molecule has 0 aromatic rings. The molecular weight excluding hydrogens is 853 g/mol. The van der Waals surface area contributed by atoms with Crippen molar-refractivity contribution in [3.05, 3.63) is 24.3 Å². The molecule has 1 unspecified atom stereocenters. The molecule has 0 aromatic carbocycles. The molecule has 1 atom stereocenters. The van der Waals surface area contributed by atoms with Crippen LogP contribution in [0.25, 0.3) is 0 Å². The van der Waals surface area contributed by atoms with E-state index in [9.17, 15) is 14.4 Å². The van der Waals surface area contributed by atoms with Gasteiger partial charge in [0, 0.05) is 19.3 Å². The van der Waals surface area contributed by atoms with Gasteiger partial charge in [0.1, 0.15) is 13.2 Å². The third kappa shape index (κ3) is 56.7. The van der Waals surface area contributed by atoms with E-state index in [0.717, 1.165) is 70.6 Å². The second-order valence-electron chi connectivity index (χ2n) is 21.0. The van der Waals surface area contributed by atoms with E-state index < -0.39 is 6.10 Å². The molecular formula is C63H118O6. The van der Waals surface area contributed by atoms with E-state index in [-0.39, 0.29) is 31.1 Å². The fourth-order valence-corrected chi connectivity index (χ4v) is 9.25. The number of allylic oxidation sites excluding steroid dienone is 4. The number of rotatable bonds is 57. The van der Waals surface area contributed by atoms with E-state index in [1.165, 1.54) is 231 Å². The lowest BCUT2D eigenvalue weighted by Crippen LogP contribution is -2.30. The lowest BCUT2D eigenvalue weighted by atomic mass is 10.0. The maximum absolute atomic E-state index is 12.8. The highest BCUT2D eigenvalue weighted by atomic mass is 16.6. The maximum Gasteiger partial charge on any atom is 0.306 e. The lowest BCUT2D eigenvalue weighted by molar-refractivity contribution is -0.167. The van der Waals surface area contributed by atoms with E-state index in [2.05, 4.69) is 45.1 Å². The highest BCUT2D eigenvalue weighted by Crippen LogP contribution is 2.17. The Morgan fingerprint density at radius 2 is 0.493 bits per heavy atom. The molecule has 0 rings (SSSR count). The van der Waals surface area contributed by atoms with Crippen molar-refractivity contribution in [1.29, 1.82) is 0 Å². The molecule has 6 nitrogen and oxygen atoms in total. The van der Waals surface area contributed by atoms with Gasteiger partial charge in [0.25, 0.3) is 0 Å². The third-order valence-corrected chi connectivity index (χ3v) is 13.9. The van der Waals surface area contributed by atoms with Gasteiger partial charge >= 0.3 is 17.9 Å². The first-order chi connectivity index (χ1) is 34.0. The zero-order valence-electron chi connectivity index (χ0n) is 46.6. The van der Waals surface area contributed by atoms with E-state index in [0.29, 0.717) is 19.3 Å². The quantitative estimate of drug-likeness (QED) is 0.0261. The van der Waals surface area contributed by atoms with Crippen LogP contribution in [0.4, 0.5) is 0 Å². The summed E-state index contributed by atoms with van der Waals surface area (Å²) >= 11 is 0. The van der Waals surface area contributed by atoms with Gasteiger partial charge in [-0.15, -0.1) is 0 Å². The van der Waals surface area contributed by atoms with E-state index >= 15 is 0 Å². The number of hydrogen-bond donors (Lipinski definition) is 0. The summed E-state index contributed by atoms with van der Waals surface area (Å²) in [5.74, 6) is -0.870. The van der Waals surface area contributed by atoms with E-state index in [1.807, 2.05) is 0 Å². The van der Waals surface area contributed by atoms with Crippen LogP contribution in [0.15, 0.2) is 24.3 Å². The molecule has 0 radical (unpaired) electrons. The summed E-state index contributed by atoms with van der Waals surface area (Å²) in [6.07, 6.45) is 69.1. The predicted octanol–water partition coefficient (Wildman–Crippen LogP) is 20.7. The van der Waals surface area contributed by atoms with Gasteiger partial charge in [0.05, 0.1) is 0 Å². The topological polar surface area (TPSA) is 78.9 Å². The smallest absolute Gasteiger partial charge is 0.306 e. The first kappa shape index (κ1) is 66.9. The summed E-state index contributed by atoms with van der Waals surface area (Å²) in [7, 11) is 0. The van der Waals surface area contributed by atoms with E-state index in [1.54, 1.807) is 0 Å². The minimum Gasteiger partial charge on any atom is -0.462 e. The van der Waals surface area contributed by atoms with Gasteiger partial charge in [-0.25, -0.2) is 0 Å². The summed E-state index contributed by atoms with van der Waals surface area (Å²) < 4.78 is 16.9. The highest BCUT2D eigenvalue weighted by Gasteiger charge is 2.19. The fraction of sp³-hybridized carbons (Fsp3) is 0.889. The Labute approximate surface area is 430 Å². The summed E-state index contributed by atoms with van der Waals surface area (Å²) in [4.78, 5) is 38.1. The van der Waals surface area contributed by atoms with Gasteiger partial charge in [0.2, 0.25) is 0 Å². The van der Waals surface area contributed by atoms with Crippen molar-refractivity contribution in [2.75, 3.05) is 13.2 Å². The molecule has 0 saturated carbocycles. The summed E-state index contributed by atoms with van der Waals surface area (Å²) in [6.45, 7) is 6.64. The van der Waals surface area contributed by atoms with Crippen LogP contribution >= 0.6 is 0 Å². The molecule has 0 fully saturated rings. The minimum atomic E-state index is -0.775. The van der Waals surface area contributed by atoms with Crippen molar-refractivity contribution in [2.24, 2.45) is 0 Å². The first-order valence-corrected chi connectivity index (χ1v) is 30.8. The van der Waals surface area contributed by atoms with Gasteiger partial charge in [-0.3, -0.25) is 14.4 Å². The monoisotopic (exact) mass is 971 g/mol. The molecule has 69 heavy (non-hydrogen) atoms. The highest BCUT2D eigenvalue weighted by molar-refractivity contribution is 5.71. The Morgan fingerprint density at radius 3 is 0.768 bits per heavy atom. The van der Waals surface area contributed by atoms with Crippen molar-refractivity contribution in [2.45, 2.75) is 348 Å². The molecule has 0 aromatic heterocycles. The second kappa shape index (κ2) is 58.5. The van der Waals surface area contributed by atoms with Gasteiger partial charge in [-0.05, 0) is 64.2 Å². The van der Waals surface area contributed by atoms with Crippen LogP contribution < -0.4 is 0 Å². The van der Waals surface area contributed by atoms with Crippen LogP contribution in [0.3, 0.4) is 0 Å². The number of esters is 3. The van der Waals surface area contributed by atoms with Gasteiger partial charge in [0.15, 0.2) is 6.10 Å². The molecule has 0 aliphatic carbocycles. The van der Waals surface area contributed by atoms with Crippen molar-refractivity contribution in [3.8, 4) is 0 Å². The van der Waals surface area contributed by atoms with Crippen molar-refractivity contribution >= 4 is 17.9 Å². The number of ether oxygens (including phenoxy) is 3. The van der Waals surface area contributed by atoms with Crippen LogP contribution in [-0.4, -0.2) is 37.2 Å². The summed E-state index contributed by atoms with van der Waals surface area (Å²) in [5, 5.41) is 0. The average Bonchev–Trinajstić information content (AvgIpc) is 3.35. The third-order valence-electron chi connectivity index (χ3n) is 13.9. The molecule has 0 aliphatic rings. The largest absolute Gasteiger partial charge is 0.462 e. The average molecular weight is 972 g/mol. The van der Waals surface area contributed by atoms with Crippen LogP contribution in [0.1, 0.15) is 342 Å². The number of carbonyl (C=O) groups is 3. The maximum atomic E-state index is 12.8. The summed E-state index contributed by atoms with van der Waals surface area (Å²) in [6, 6.07) is 0. The fourth-order valence-electron chi connectivity index (χ4n) is 9.25. The Morgan fingerprint density at radius 1 is 0.275 bits per heavy atom. The number of hydrogen-bond acceptors (Lipinski definition) is 6. The predicted molar refractivity (Wildman–Crippen MR) is 298 cm³/mol. The van der Waals surface area contributed by atoms with Crippen LogP contribution in [0, 0.1) is 0 Å². The Bertz CT molecular complexity index is 1110. The van der Waals surface area contributed by atoms with Gasteiger partial charge in [-0.2, -0.15) is 0 Å². The van der Waals surface area contributed by atoms with Crippen LogP contribution in [-0.2, 0) is 28.6 Å². The van der Waals surface area contributed by atoms with Gasteiger partial charge < -0.3 is 14.2 Å². The minimum absolute atomic E-state index is 0.0728. The zero-order chi connectivity index (χ0) is 50.0. The molecule has 0 amide bonds.